The predicted molar refractivity (Wildman–Crippen MR) is 59.7 cm³/mol. The highest BCUT2D eigenvalue weighted by atomic mass is 16.6. The van der Waals surface area contributed by atoms with Gasteiger partial charge in [0.2, 0.25) is 0 Å². The molecule has 0 aliphatic rings. The Hall–Kier alpha value is -1.43. The molecule has 0 spiro atoms. The van der Waals surface area contributed by atoms with Crippen LogP contribution in [0.25, 0.3) is 0 Å². The third kappa shape index (κ3) is 4.39. The molecule has 0 fully saturated rings. The lowest BCUT2D eigenvalue weighted by atomic mass is 10.1. The largest absolute Gasteiger partial charge is 0.480 e. The molecule has 1 rings (SSSR count). The topological polar surface area (TPSA) is 84.6 Å². The van der Waals surface area contributed by atoms with Gasteiger partial charge in [-0.15, -0.1) is 0 Å². The number of carbonyl (C=O) groups is 1. The van der Waals surface area contributed by atoms with Crippen molar-refractivity contribution in [1.29, 1.82) is 0 Å². The van der Waals surface area contributed by atoms with E-state index in [1.807, 2.05) is 30.3 Å². The van der Waals surface area contributed by atoms with Crippen LogP contribution in [0.15, 0.2) is 30.3 Å². The monoisotopic (exact) mass is 224 g/mol. The molecule has 0 unspecified atom stereocenters. The SMILES string of the molecule is NCCON[C@@H](Cc1ccccc1)C(=O)O. The quantitative estimate of drug-likeness (QED) is 0.454. The first-order chi connectivity index (χ1) is 7.74. The second-order valence-corrected chi connectivity index (χ2v) is 3.34. The van der Waals surface area contributed by atoms with Gasteiger partial charge in [0.05, 0.1) is 6.61 Å². The summed E-state index contributed by atoms with van der Waals surface area (Å²) in [7, 11) is 0. The van der Waals surface area contributed by atoms with Crippen LogP contribution in [0.3, 0.4) is 0 Å². The van der Waals surface area contributed by atoms with E-state index in [1.54, 1.807) is 0 Å². The molecule has 5 nitrogen and oxygen atoms in total. The lowest BCUT2D eigenvalue weighted by Gasteiger charge is -2.13. The Morgan fingerprint density at radius 2 is 2.12 bits per heavy atom. The summed E-state index contributed by atoms with van der Waals surface area (Å²) in [5, 5.41) is 8.96. The van der Waals surface area contributed by atoms with Crippen molar-refractivity contribution < 1.29 is 14.7 Å². The lowest BCUT2D eigenvalue weighted by Crippen LogP contribution is -2.39. The molecular formula is C11H16N2O3. The van der Waals surface area contributed by atoms with Crippen LogP contribution in [-0.4, -0.2) is 30.3 Å². The number of hydroxylamine groups is 1. The van der Waals surface area contributed by atoms with E-state index in [4.69, 9.17) is 15.7 Å². The molecule has 0 radical (unpaired) electrons. The van der Waals surface area contributed by atoms with E-state index in [2.05, 4.69) is 5.48 Å². The zero-order valence-corrected chi connectivity index (χ0v) is 8.93. The zero-order valence-electron chi connectivity index (χ0n) is 8.93. The van der Waals surface area contributed by atoms with Crippen LogP contribution < -0.4 is 11.2 Å². The molecule has 1 aromatic carbocycles. The lowest BCUT2D eigenvalue weighted by molar-refractivity contribution is -0.144. The highest BCUT2D eigenvalue weighted by molar-refractivity contribution is 5.73. The zero-order chi connectivity index (χ0) is 11.8. The van der Waals surface area contributed by atoms with Gasteiger partial charge in [-0.25, -0.2) is 0 Å². The Morgan fingerprint density at radius 3 is 2.69 bits per heavy atom. The van der Waals surface area contributed by atoms with E-state index in [-0.39, 0.29) is 0 Å². The summed E-state index contributed by atoms with van der Waals surface area (Å²) < 4.78 is 0. The molecule has 0 saturated carbocycles. The van der Waals surface area contributed by atoms with Crippen LogP contribution in [0.2, 0.25) is 0 Å². The second kappa shape index (κ2) is 6.95. The van der Waals surface area contributed by atoms with Crippen molar-refractivity contribution in [2.45, 2.75) is 12.5 Å². The average molecular weight is 224 g/mol. The number of hydrogen-bond donors (Lipinski definition) is 3. The molecule has 88 valence electrons. The molecule has 1 atom stereocenters. The van der Waals surface area contributed by atoms with Crippen molar-refractivity contribution in [3.05, 3.63) is 35.9 Å². The maximum Gasteiger partial charge on any atom is 0.323 e. The minimum Gasteiger partial charge on any atom is -0.480 e. The summed E-state index contributed by atoms with van der Waals surface area (Å²) in [5.74, 6) is -0.944. The van der Waals surface area contributed by atoms with Crippen LogP contribution in [0, 0.1) is 0 Å². The fourth-order valence-electron chi connectivity index (χ4n) is 1.25. The Balaban J connectivity index is 2.48. The van der Waals surface area contributed by atoms with E-state index >= 15 is 0 Å². The van der Waals surface area contributed by atoms with Crippen LogP contribution in [0.5, 0.6) is 0 Å². The summed E-state index contributed by atoms with van der Waals surface area (Å²) in [6, 6.07) is 8.62. The molecule has 0 aromatic heterocycles. The molecule has 0 aliphatic heterocycles. The van der Waals surface area contributed by atoms with Crippen molar-refractivity contribution in [3.8, 4) is 0 Å². The maximum atomic E-state index is 10.9. The minimum atomic E-state index is -0.944. The fourth-order valence-corrected chi connectivity index (χ4v) is 1.25. The number of aliphatic carboxylic acids is 1. The Morgan fingerprint density at radius 1 is 1.44 bits per heavy atom. The third-order valence-electron chi connectivity index (χ3n) is 2.03. The smallest absolute Gasteiger partial charge is 0.323 e. The highest BCUT2D eigenvalue weighted by Crippen LogP contribution is 2.03. The van der Waals surface area contributed by atoms with Crippen molar-refractivity contribution in [2.75, 3.05) is 13.2 Å². The third-order valence-corrected chi connectivity index (χ3v) is 2.03. The summed E-state index contributed by atoms with van der Waals surface area (Å²) in [4.78, 5) is 15.8. The molecule has 0 aliphatic carbocycles. The van der Waals surface area contributed by atoms with Crippen LogP contribution >= 0.6 is 0 Å². The Labute approximate surface area is 94.2 Å². The summed E-state index contributed by atoms with van der Waals surface area (Å²) in [6.07, 6.45) is 0.376. The number of hydrogen-bond acceptors (Lipinski definition) is 4. The van der Waals surface area contributed by atoms with E-state index in [0.717, 1.165) is 5.56 Å². The van der Waals surface area contributed by atoms with Gasteiger partial charge < -0.3 is 10.8 Å². The summed E-state index contributed by atoms with van der Waals surface area (Å²) in [6.45, 7) is 0.642. The molecular weight excluding hydrogens is 208 g/mol. The molecule has 0 heterocycles. The molecule has 0 saturated heterocycles. The van der Waals surface area contributed by atoms with Gasteiger partial charge in [-0.3, -0.25) is 9.63 Å². The number of carboxylic acids is 1. The fraction of sp³-hybridized carbons (Fsp3) is 0.364. The number of benzene rings is 1. The molecule has 0 amide bonds. The maximum absolute atomic E-state index is 10.9. The van der Waals surface area contributed by atoms with Gasteiger partial charge in [-0.05, 0) is 5.56 Å². The predicted octanol–water partition coefficient (Wildman–Crippen LogP) is 0.162. The first-order valence-electron chi connectivity index (χ1n) is 5.08. The van der Waals surface area contributed by atoms with Crippen molar-refractivity contribution in [2.24, 2.45) is 5.73 Å². The van der Waals surface area contributed by atoms with Crippen molar-refractivity contribution in [1.82, 2.24) is 5.48 Å². The van der Waals surface area contributed by atoms with E-state index < -0.39 is 12.0 Å². The first kappa shape index (κ1) is 12.6. The molecule has 5 heteroatoms. The van der Waals surface area contributed by atoms with Gasteiger partial charge in [0.1, 0.15) is 6.04 Å². The van der Waals surface area contributed by atoms with Crippen molar-refractivity contribution in [3.63, 3.8) is 0 Å². The van der Waals surface area contributed by atoms with Gasteiger partial charge in [0.25, 0.3) is 0 Å². The average Bonchev–Trinajstić information content (AvgIpc) is 2.29. The highest BCUT2D eigenvalue weighted by Gasteiger charge is 2.17. The van der Waals surface area contributed by atoms with Crippen molar-refractivity contribution >= 4 is 5.97 Å². The van der Waals surface area contributed by atoms with E-state index in [9.17, 15) is 4.79 Å². The Kier molecular flexibility index (Phi) is 5.49. The molecule has 1 aromatic rings. The van der Waals surface area contributed by atoms with Gasteiger partial charge in [-0.2, -0.15) is 5.48 Å². The number of nitrogens with two attached hydrogens (primary N) is 1. The minimum absolute atomic E-state index is 0.290. The number of nitrogens with one attached hydrogen (secondary N) is 1. The standard InChI is InChI=1S/C11H16N2O3/c12-6-7-16-13-10(11(14)15)8-9-4-2-1-3-5-9/h1-5,10,13H,6-8,12H2,(H,14,15)/t10-/m0/s1. The molecule has 0 bridgehead atoms. The Bertz CT molecular complexity index is 316. The second-order valence-electron chi connectivity index (χ2n) is 3.34. The van der Waals surface area contributed by atoms with Crippen LogP contribution in [0.4, 0.5) is 0 Å². The number of rotatable bonds is 7. The normalized spacial score (nSPS) is 12.3. The van der Waals surface area contributed by atoms with Gasteiger partial charge in [-0.1, -0.05) is 30.3 Å². The molecule has 4 N–H and O–H groups in total. The van der Waals surface area contributed by atoms with Crippen LogP contribution in [-0.2, 0) is 16.1 Å². The van der Waals surface area contributed by atoms with Gasteiger partial charge >= 0.3 is 5.97 Å². The first-order valence-corrected chi connectivity index (χ1v) is 5.08. The van der Waals surface area contributed by atoms with Gasteiger partial charge in [0, 0.05) is 13.0 Å². The molecule has 16 heavy (non-hydrogen) atoms. The summed E-state index contributed by atoms with van der Waals surface area (Å²) >= 11 is 0. The van der Waals surface area contributed by atoms with Gasteiger partial charge in [0.15, 0.2) is 0 Å². The number of carboxylic acid groups (broad SMARTS) is 1. The summed E-state index contributed by atoms with van der Waals surface area (Å²) in [5.41, 5.74) is 8.66. The van der Waals surface area contributed by atoms with E-state index in [0.29, 0.717) is 19.6 Å². The van der Waals surface area contributed by atoms with Crippen LogP contribution in [0.1, 0.15) is 5.56 Å². The van der Waals surface area contributed by atoms with E-state index in [1.165, 1.54) is 0 Å².